The van der Waals surface area contributed by atoms with Gasteiger partial charge in [-0.05, 0) is 36.2 Å². The molecule has 0 heterocycles. The van der Waals surface area contributed by atoms with Crippen molar-refractivity contribution in [1.82, 2.24) is 0 Å². The van der Waals surface area contributed by atoms with E-state index < -0.39 is 0 Å². The first kappa shape index (κ1) is 11.7. The lowest BCUT2D eigenvalue weighted by atomic mass is 9.98. The van der Waals surface area contributed by atoms with Crippen LogP contribution in [0.4, 0.5) is 0 Å². The van der Waals surface area contributed by atoms with Gasteiger partial charge in [-0.2, -0.15) is 0 Å². The van der Waals surface area contributed by atoms with E-state index in [0.29, 0.717) is 16.9 Å². The van der Waals surface area contributed by atoms with E-state index in [1.54, 1.807) is 24.3 Å². The molecule has 0 saturated heterocycles. The van der Waals surface area contributed by atoms with Gasteiger partial charge in [-0.3, -0.25) is 4.79 Å². The predicted octanol–water partition coefficient (Wildman–Crippen LogP) is 3.83. The Morgan fingerprint density at radius 1 is 1.18 bits per heavy atom. The Labute approximate surface area is 104 Å². The fourth-order valence-electron chi connectivity index (χ4n) is 1.80. The Bertz CT molecular complexity index is 576. The second kappa shape index (κ2) is 4.60. The van der Waals surface area contributed by atoms with Crippen molar-refractivity contribution in [3.8, 4) is 16.9 Å². The van der Waals surface area contributed by atoms with E-state index >= 15 is 0 Å². The van der Waals surface area contributed by atoms with Crippen molar-refractivity contribution < 1.29 is 9.90 Å². The van der Waals surface area contributed by atoms with Gasteiger partial charge in [0.25, 0.3) is 0 Å². The van der Waals surface area contributed by atoms with Crippen LogP contribution >= 0.6 is 11.6 Å². The van der Waals surface area contributed by atoms with Crippen LogP contribution in [0, 0.1) is 6.92 Å². The lowest BCUT2D eigenvalue weighted by Crippen LogP contribution is -1.88. The van der Waals surface area contributed by atoms with Gasteiger partial charge in [-0.15, -0.1) is 0 Å². The van der Waals surface area contributed by atoms with Gasteiger partial charge < -0.3 is 5.11 Å². The number of halogens is 1. The number of para-hydroxylation sites is 1. The van der Waals surface area contributed by atoms with E-state index in [0.717, 1.165) is 11.1 Å². The Kier molecular flexibility index (Phi) is 3.16. The summed E-state index contributed by atoms with van der Waals surface area (Å²) in [7, 11) is 0. The van der Waals surface area contributed by atoms with Crippen LogP contribution in [0.5, 0.6) is 5.75 Å². The molecule has 0 atom stereocenters. The zero-order valence-electron chi connectivity index (χ0n) is 9.27. The Balaban J connectivity index is 2.64. The lowest BCUT2D eigenvalue weighted by Gasteiger charge is -2.09. The van der Waals surface area contributed by atoms with E-state index in [1.165, 1.54) is 0 Å². The molecule has 17 heavy (non-hydrogen) atoms. The number of hydrogen-bond acceptors (Lipinski definition) is 2. The number of hydrogen-bond donors (Lipinski definition) is 1. The third-order valence-corrected chi connectivity index (χ3v) is 2.91. The summed E-state index contributed by atoms with van der Waals surface area (Å²) in [4.78, 5) is 10.8. The molecular formula is C14H11ClO2. The smallest absolute Gasteiger partial charge is 0.153 e. The van der Waals surface area contributed by atoms with E-state index in [2.05, 4.69) is 0 Å². The minimum atomic E-state index is 0.00734. The number of phenolic OH excluding ortho intramolecular Hbond substituents is 1. The standard InChI is InChI=1S/C14H11ClO2/c1-9-7-11(15)5-6-12(9)13-4-2-3-10(8-16)14(13)17/h2-8,17H,1H3. The Morgan fingerprint density at radius 3 is 2.59 bits per heavy atom. The van der Waals surface area contributed by atoms with Gasteiger partial charge >= 0.3 is 0 Å². The summed E-state index contributed by atoms with van der Waals surface area (Å²) in [5.74, 6) is 0.00734. The van der Waals surface area contributed by atoms with Gasteiger partial charge in [0, 0.05) is 10.6 Å². The Morgan fingerprint density at radius 2 is 1.94 bits per heavy atom. The van der Waals surface area contributed by atoms with Crippen LogP contribution in [0.15, 0.2) is 36.4 Å². The van der Waals surface area contributed by atoms with Gasteiger partial charge in [-0.1, -0.05) is 29.8 Å². The molecule has 2 aromatic rings. The molecule has 2 aromatic carbocycles. The van der Waals surface area contributed by atoms with Crippen molar-refractivity contribution in [2.75, 3.05) is 0 Å². The topological polar surface area (TPSA) is 37.3 Å². The number of aromatic hydroxyl groups is 1. The second-order valence-electron chi connectivity index (χ2n) is 3.82. The molecule has 0 fully saturated rings. The molecule has 0 aromatic heterocycles. The largest absolute Gasteiger partial charge is 0.507 e. The average Bonchev–Trinajstić information content (AvgIpc) is 2.30. The molecule has 0 aliphatic carbocycles. The van der Waals surface area contributed by atoms with E-state index in [4.69, 9.17) is 11.6 Å². The third-order valence-electron chi connectivity index (χ3n) is 2.67. The maximum absolute atomic E-state index is 10.8. The fraction of sp³-hybridized carbons (Fsp3) is 0.0714. The highest BCUT2D eigenvalue weighted by Gasteiger charge is 2.10. The number of phenols is 1. The zero-order chi connectivity index (χ0) is 12.4. The fourth-order valence-corrected chi connectivity index (χ4v) is 2.03. The summed E-state index contributed by atoms with van der Waals surface area (Å²) in [6, 6.07) is 10.5. The average molecular weight is 247 g/mol. The number of aryl methyl sites for hydroxylation is 1. The number of carbonyl (C=O) groups excluding carboxylic acids is 1. The van der Waals surface area contributed by atoms with E-state index in [1.807, 2.05) is 19.1 Å². The summed E-state index contributed by atoms with van der Waals surface area (Å²) < 4.78 is 0. The monoisotopic (exact) mass is 246 g/mol. The van der Waals surface area contributed by atoms with Crippen LogP contribution in [0.1, 0.15) is 15.9 Å². The molecule has 3 heteroatoms. The summed E-state index contributed by atoms with van der Waals surface area (Å²) in [6.07, 6.45) is 0.643. The summed E-state index contributed by atoms with van der Waals surface area (Å²) in [6.45, 7) is 1.91. The molecular weight excluding hydrogens is 236 g/mol. The quantitative estimate of drug-likeness (QED) is 0.818. The first-order valence-corrected chi connectivity index (χ1v) is 5.55. The predicted molar refractivity (Wildman–Crippen MR) is 68.7 cm³/mol. The highest BCUT2D eigenvalue weighted by molar-refractivity contribution is 6.30. The Hall–Kier alpha value is -1.80. The molecule has 0 bridgehead atoms. The van der Waals surface area contributed by atoms with Crippen molar-refractivity contribution >= 4 is 17.9 Å². The number of rotatable bonds is 2. The first-order chi connectivity index (χ1) is 8.13. The van der Waals surface area contributed by atoms with Gasteiger partial charge in [0.15, 0.2) is 6.29 Å². The molecule has 0 radical (unpaired) electrons. The third kappa shape index (κ3) is 2.17. The lowest BCUT2D eigenvalue weighted by molar-refractivity contribution is 0.112. The van der Waals surface area contributed by atoms with Crippen LogP contribution in [0.25, 0.3) is 11.1 Å². The number of aldehydes is 1. The molecule has 86 valence electrons. The van der Waals surface area contributed by atoms with Gasteiger partial charge in [0.1, 0.15) is 5.75 Å². The molecule has 2 rings (SSSR count). The molecule has 1 N–H and O–H groups in total. The van der Waals surface area contributed by atoms with Crippen molar-refractivity contribution in [1.29, 1.82) is 0 Å². The van der Waals surface area contributed by atoms with Crippen LogP contribution in [0.2, 0.25) is 5.02 Å². The van der Waals surface area contributed by atoms with Gasteiger partial charge in [0.05, 0.1) is 5.56 Å². The van der Waals surface area contributed by atoms with E-state index in [-0.39, 0.29) is 11.3 Å². The number of carbonyl (C=O) groups is 1. The molecule has 0 saturated carbocycles. The summed E-state index contributed by atoms with van der Waals surface area (Å²) in [5.41, 5.74) is 2.76. The molecule has 0 unspecified atom stereocenters. The van der Waals surface area contributed by atoms with Crippen molar-refractivity contribution in [3.05, 3.63) is 52.5 Å². The second-order valence-corrected chi connectivity index (χ2v) is 4.26. The van der Waals surface area contributed by atoms with Crippen molar-refractivity contribution in [2.45, 2.75) is 6.92 Å². The van der Waals surface area contributed by atoms with Crippen LogP contribution < -0.4 is 0 Å². The summed E-state index contributed by atoms with van der Waals surface area (Å²) >= 11 is 5.88. The molecule has 0 aliphatic rings. The maximum atomic E-state index is 10.8. The van der Waals surface area contributed by atoms with Gasteiger partial charge in [-0.25, -0.2) is 0 Å². The summed E-state index contributed by atoms with van der Waals surface area (Å²) in [5, 5.41) is 10.6. The van der Waals surface area contributed by atoms with Crippen LogP contribution in [-0.4, -0.2) is 11.4 Å². The van der Waals surface area contributed by atoms with Crippen molar-refractivity contribution in [2.24, 2.45) is 0 Å². The van der Waals surface area contributed by atoms with E-state index in [9.17, 15) is 9.90 Å². The number of benzene rings is 2. The van der Waals surface area contributed by atoms with Crippen LogP contribution in [-0.2, 0) is 0 Å². The molecule has 0 spiro atoms. The highest BCUT2D eigenvalue weighted by Crippen LogP contribution is 2.34. The minimum absolute atomic E-state index is 0.00734. The van der Waals surface area contributed by atoms with Crippen LogP contribution in [0.3, 0.4) is 0 Å². The zero-order valence-corrected chi connectivity index (χ0v) is 10.0. The minimum Gasteiger partial charge on any atom is -0.507 e. The molecule has 2 nitrogen and oxygen atoms in total. The molecule has 0 aliphatic heterocycles. The SMILES string of the molecule is Cc1cc(Cl)ccc1-c1cccc(C=O)c1O. The maximum Gasteiger partial charge on any atom is 0.153 e. The first-order valence-electron chi connectivity index (χ1n) is 5.17. The normalized spacial score (nSPS) is 10.2. The van der Waals surface area contributed by atoms with Gasteiger partial charge in [0.2, 0.25) is 0 Å². The van der Waals surface area contributed by atoms with Crippen molar-refractivity contribution in [3.63, 3.8) is 0 Å². The highest BCUT2D eigenvalue weighted by atomic mass is 35.5. The molecule has 0 amide bonds.